The van der Waals surface area contributed by atoms with Gasteiger partial charge in [-0.3, -0.25) is 0 Å². The van der Waals surface area contributed by atoms with Crippen LogP contribution < -0.4 is 10.6 Å². The summed E-state index contributed by atoms with van der Waals surface area (Å²) in [5.74, 6) is 2.19. The Morgan fingerprint density at radius 1 is 0.531 bits per heavy atom. The van der Waals surface area contributed by atoms with Crippen LogP contribution in [0.15, 0.2) is 24.3 Å². The molecule has 4 heterocycles. The molecule has 2 N–H and O–H groups in total. The van der Waals surface area contributed by atoms with E-state index in [1.165, 1.54) is 30.4 Å². The molecular weight excluding hydrogens is 392 g/mol. The maximum Gasteiger partial charge on any atom is 0.129 e. The molecule has 2 aromatic heterocycles. The normalized spacial score (nSPS) is 11.5. The van der Waals surface area contributed by atoms with Gasteiger partial charge in [0.1, 0.15) is 11.6 Å². The standard InChI is InChI=1S/C10H14N2.C8H10N2.5C2H6/c1-8-5-6-9-4-2-3-7-11-10(9)12-8;1-6-2-3-7-4-5-9-8(7)10-6;5*1-2/h5-6H,2-4,7H2,1H3,(H,11,12);2-3H,4-5H2,1H3,(H,9,10);5*1-2H3. The molecule has 186 valence electrons. The van der Waals surface area contributed by atoms with Gasteiger partial charge in [-0.2, -0.15) is 0 Å². The summed E-state index contributed by atoms with van der Waals surface area (Å²) in [5, 5.41) is 6.58. The van der Waals surface area contributed by atoms with Crippen LogP contribution in [-0.4, -0.2) is 23.1 Å². The molecule has 0 amide bonds. The van der Waals surface area contributed by atoms with Gasteiger partial charge >= 0.3 is 0 Å². The minimum Gasteiger partial charge on any atom is -0.370 e. The number of nitrogens with one attached hydrogen (secondary N) is 2. The van der Waals surface area contributed by atoms with Crippen molar-refractivity contribution in [1.29, 1.82) is 0 Å². The number of nitrogens with zero attached hydrogens (tertiary/aromatic N) is 2. The molecule has 0 saturated heterocycles. The molecule has 4 rings (SSSR count). The second-order valence-corrected chi connectivity index (χ2v) is 5.98. The molecule has 0 unspecified atom stereocenters. The Kier molecular flexibility index (Phi) is 27.1. The van der Waals surface area contributed by atoms with Gasteiger partial charge in [0, 0.05) is 24.5 Å². The van der Waals surface area contributed by atoms with Gasteiger partial charge in [0.15, 0.2) is 0 Å². The van der Waals surface area contributed by atoms with E-state index in [0.717, 1.165) is 42.5 Å². The molecule has 0 fully saturated rings. The molecule has 0 spiro atoms. The summed E-state index contributed by atoms with van der Waals surface area (Å²) in [6, 6.07) is 8.49. The zero-order valence-electron chi connectivity index (χ0n) is 23.4. The number of hydrogen-bond acceptors (Lipinski definition) is 4. The van der Waals surface area contributed by atoms with Gasteiger partial charge in [0.2, 0.25) is 0 Å². The van der Waals surface area contributed by atoms with E-state index >= 15 is 0 Å². The Morgan fingerprint density at radius 2 is 0.938 bits per heavy atom. The zero-order chi connectivity index (χ0) is 25.4. The van der Waals surface area contributed by atoms with E-state index in [1.54, 1.807) is 0 Å². The maximum atomic E-state index is 4.46. The van der Waals surface area contributed by atoms with Gasteiger partial charge in [-0.1, -0.05) is 81.4 Å². The first-order valence-corrected chi connectivity index (χ1v) is 13.1. The third-order valence-electron chi connectivity index (χ3n) is 4.09. The van der Waals surface area contributed by atoms with Crippen molar-refractivity contribution in [2.75, 3.05) is 23.7 Å². The Morgan fingerprint density at radius 3 is 1.41 bits per heavy atom. The van der Waals surface area contributed by atoms with Crippen LogP contribution in [0.1, 0.15) is 105 Å². The Balaban J connectivity index is -0.000000382. The quantitative estimate of drug-likeness (QED) is 0.425. The molecular formula is C28H54N4. The van der Waals surface area contributed by atoms with E-state index in [-0.39, 0.29) is 0 Å². The summed E-state index contributed by atoms with van der Waals surface area (Å²) >= 11 is 0. The molecule has 0 saturated carbocycles. The van der Waals surface area contributed by atoms with E-state index in [1.807, 2.05) is 83.1 Å². The third-order valence-corrected chi connectivity index (χ3v) is 4.09. The fourth-order valence-electron chi connectivity index (χ4n) is 2.84. The van der Waals surface area contributed by atoms with Crippen molar-refractivity contribution < 1.29 is 0 Å². The smallest absolute Gasteiger partial charge is 0.129 e. The SMILES string of the molecule is CC.CC.CC.CC.CC.Cc1ccc2c(n1)NCC2.Cc1ccc2c(n1)NCCCC2. The van der Waals surface area contributed by atoms with E-state index in [0.29, 0.717) is 0 Å². The highest BCUT2D eigenvalue weighted by molar-refractivity contribution is 5.49. The van der Waals surface area contributed by atoms with Crippen molar-refractivity contribution in [1.82, 2.24) is 9.97 Å². The molecule has 0 radical (unpaired) electrons. The van der Waals surface area contributed by atoms with Gasteiger partial charge < -0.3 is 10.6 Å². The van der Waals surface area contributed by atoms with Crippen LogP contribution in [-0.2, 0) is 12.8 Å². The molecule has 4 heteroatoms. The molecule has 0 aromatic carbocycles. The van der Waals surface area contributed by atoms with Crippen molar-refractivity contribution >= 4 is 11.6 Å². The van der Waals surface area contributed by atoms with Gasteiger partial charge in [-0.15, -0.1) is 0 Å². The maximum absolute atomic E-state index is 4.46. The van der Waals surface area contributed by atoms with Crippen molar-refractivity contribution in [3.05, 3.63) is 46.8 Å². The highest BCUT2D eigenvalue weighted by Crippen LogP contribution is 2.19. The van der Waals surface area contributed by atoms with Crippen LogP contribution in [0.2, 0.25) is 0 Å². The minimum atomic E-state index is 1.05. The Bertz CT molecular complexity index is 654. The van der Waals surface area contributed by atoms with Gasteiger partial charge in [-0.25, -0.2) is 9.97 Å². The van der Waals surface area contributed by atoms with Crippen LogP contribution in [0.4, 0.5) is 11.6 Å². The first-order chi connectivity index (χ1) is 15.7. The lowest BCUT2D eigenvalue weighted by Gasteiger charge is -2.06. The molecule has 0 aliphatic carbocycles. The number of hydrogen-bond donors (Lipinski definition) is 2. The van der Waals surface area contributed by atoms with Crippen molar-refractivity contribution in [2.24, 2.45) is 0 Å². The van der Waals surface area contributed by atoms with Gasteiger partial charge in [-0.05, 0) is 62.8 Å². The van der Waals surface area contributed by atoms with Crippen molar-refractivity contribution in [3.8, 4) is 0 Å². The number of pyridine rings is 2. The number of anilines is 2. The monoisotopic (exact) mass is 446 g/mol. The third kappa shape index (κ3) is 14.1. The Labute approximate surface area is 201 Å². The van der Waals surface area contributed by atoms with Crippen LogP contribution in [0.25, 0.3) is 0 Å². The summed E-state index contributed by atoms with van der Waals surface area (Å²) < 4.78 is 0. The molecule has 4 nitrogen and oxygen atoms in total. The first-order valence-electron chi connectivity index (χ1n) is 13.1. The molecule has 2 aromatic rings. The fourth-order valence-corrected chi connectivity index (χ4v) is 2.84. The van der Waals surface area contributed by atoms with Gasteiger partial charge in [0.05, 0.1) is 0 Å². The average molecular weight is 447 g/mol. The lowest BCUT2D eigenvalue weighted by Crippen LogP contribution is -2.02. The van der Waals surface area contributed by atoms with Crippen molar-refractivity contribution in [3.63, 3.8) is 0 Å². The van der Waals surface area contributed by atoms with Crippen LogP contribution in [0, 0.1) is 13.8 Å². The van der Waals surface area contributed by atoms with Crippen LogP contribution in [0.5, 0.6) is 0 Å². The lowest BCUT2D eigenvalue weighted by atomic mass is 10.1. The summed E-state index contributed by atoms with van der Waals surface area (Å²) in [5.41, 5.74) is 4.92. The molecule has 32 heavy (non-hydrogen) atoms. The predicted molar refractivity (Wildman–Crippen MR) is 148 cm³/mol. The number of aromatic nitrogens is 2. The summed E-state index contributed by atoms with van der Waals surface area (Å²) in [6.45, 7) is 26.2. The average Bonchev–Trinajstić information content (AvgIpc) is 3.22. The van der Waals surface area contributed by atoms with E-state index in [2.05, 4.69) is 44.9 Å². The number of rotatable bonds is 0. The molecule has 2 aliphatic heterocycles. The van der Waals surface area contributed by atoms with Gasteiger partial charge in [0.25, 0.3) is 0 Å². The second kappa shape index (κ2) is 25.2. The zero-order valence-corrected chi connectivity index (χ0v) is 23.4. The summed E-state index contributed by atoms with van der Waals surface area (Å²) in [6.07, 6.45) is 4.85. The lowest BCUT2D eigenvalue weighted by molar-refractivity contribution is 0.785. The van der Waals surface area contributed by atoms with E-state index < -0.39 is 0 Å². The highest BCUT2D eigenvalue weighted by atomic mass is 15.0. The van der Waals surface area contributed by atoms with Crippen molar-refractivity contribution in [2.45, 2.75) is 109 Å². The largest absolute Gasteiger partial charge is 0.370 e. The fraction of sp³-hybridized carbons (Fsp3) is 0.643. The number of fused-ring (bicyclic) bond motifs is 2. The van der Waals surface area contributed by atoms with Crippen LogP contribution in [0.3, 0.4) is 0 Å². The molecule has 0 bridgehead atoms. The summed E-state index contributed by atoms with van der Waals surface area (Å²) in [7, 11) is 0. The minimum absolute atomic E-state index is 1.05. The van der Waals surface area contributed by atoms with E-state index in [9.17, 15) is 0 Å². The van der Waals surface area contributed by atoms with E-state index in [4.69, 9.17) is 0 Å². The molecule has 2 aliphatic rings. The Hall–Kier alpha value is -2.10. The number of aryl methyl sites for hydroxylation is 3. The topological polar surface area (TPSA) is 49.8 Å². The predicted octanol–water partition coefficient (Wildman–Crippen LogP) is 8.63. The first kappa shape index (κ1) is 34.5. The molecule has 0 atom stereocenters. The van der Waals surface area contributed by atoms with Crippen LogP contribution >= 0.6 is 0 Å². The second-order valence-electron chi connectivity index (χ2n) is 5.98. The highest BCUT2D eigenvalue weighted by Gasteiger charge is 2.09. The summed E-state index contributed by atoms with van der Waals surface area (Å²) in [4.78, 5) is 8.81.